The molecule has 0 amide bonds. The summed E-state index contributed by atoms with van der Waals surface area (Å²) in [6.45, 7) is 3.85. The van der Waals surface area contributed by atoms with Gasteiger partial charge in [0.25, 0.3) is 0 Å². The average Bonchev–Trinajstić information content (AvgIpc) is 2.16. The van der Waals surface area contributed by atoms with Crippen LogP contribution < -0.4 is 5.32 Å². The summed E-state index contributed by atoms with van der Waals surface area (Å²) in [5, 5.41) is 11.9. The summed E-state index contributed by atoms with van der Waals surface area (Å²) in [5.41, 5.74) is 0.572. The van der Waals surface area contributed by atoms with Gasteiger partial charge in [-0.3, -0.25) is 0 Å². The maximum atomic E-state index is 13.0. The third-order valence-electron chi connectivity index (χ3n) is 2.48. The second-order valence-electron chi connectivity index (χ2n) is 4.00. The Labute approximate surface area is 94.3 Å². The van der Waals surface area contributed by atoms with Gasteiger partial charge in [-0.1, -0.05) is 0 Å². The van der Waals surface area contributed by atoms with Crippen molar-refractivity contribution >= 4 is 0 Å². The Kier molecular flexibility index (Phi) is 4.83. The van der Waals surface area contributed by atoms with Gasteiger partial charge < -0.3 is 10.4 Å². The van der Waals surface area contributed by atoms with Crippen LogP contribution in [0.5, 0.6) is 0 Å². The van der Waals surface area contributed by atoms with Crippen molar-refractivity contribution in [3.05, 3.63) is 35.4 Å². The Bertz CT molecular complexity index is 324. The maximum absolute atomic E-state index is 13.0. The van der Waals surface area contributed by atoms with Crippen LogP contribution in [0.3, 0.4) is 0 Å². The highest BCUT2D eigenvalue weighted by Crippen LogP contribution is 2.16. The van der Waals surface area contributed by atoms with Crippen LogP contribution >= 0.6 is 0 Å². The molecule has 0 aliphatic carbocycles. The lowest BCUT2D eigenvalue weighted by molar-refractivity contribution is 0.264. The first kappa shape index (κ1) is 13.1. The second-order valence-corrected chi connectivity index (χ2v) is 4.00. The highest BCUT2D eigenvalue weighted by atomic mass is 19.1. The maximum Gasteiger partial charge on any atom is 0.126 e. The molecule has 0 aromatic heterocycles. The molecule has 1 aromatic carbocycles. The summed E-state index contributed by atoms with van der Waals surface area (Å²) in [6, 6.07) is 3.43. The van der Waals surface area contributed by atoms with E-state index >= 15 is 0 Å². The molecule has 2 nitrogen and oxygen atoms in total. The molecule has 2 atom stereocenters. The van der Waals surface area contributed by atoms with E-state index < -0.39 is 11.6 Å². The van der Waals surface area contributed by atoms with Crippen LogP contribution in [0.4, 0.5) is 8.78 Å². The Hall–Kier alpha value is -1.00. The van der Waals surface area contributed by atoms with Crippen molar-refractivity contribution in [3.8, 4) is 0 Å². The Morgan fingerprint density at radius 2 is 1.75 bits per heavy atom. The molecule has 2 N–H and O–H groups in total. The van der Waals surface area contributed by atoms with Crippen LogP contribution in [0.2, 0.25) is 0 Å². The summed E-state index contributed by atoms with van der Waals surface area (Å²) in [5.74, 6) is -1.14. The van der Waals surface area contributed by atoms with Crippen LogP contribution in [0.1, 0.15) is 31.9 Å². The number of rotatable bonds is 5. The standard InChI is InChI=1S/C12H17F2NO/c1-8(3-4-16)15-9(2)10-5-11(13)7-12(14)6-10/h5-9,15-16H,3-4H2,1-2H3. The number of nitrogens with one attached hydrogen (secondary N) is 1. The number of benzene rings is 1. The molecule has 0 saturated heterocycles. The first-order chi connectivity index (χ1) is 7.52. The number of halogens is 2. The molecule has 2 unspecified atom stereocenters. The van der Waals surface area contributed by atoms with Gasteiger partial charge in [0.1, 0.15) is 11.6 Å². The zero-order valence-electron chi connectivity index (χ0n) is 9.50. The van der Waals surface area contributed by atoms with E-state index in [0.29, 0.717) is 12.0 Å². The number of aliphatic hydroxyl groups is 1. The molecular formula is C12H17F2NO. The van der Waals surface area contributed by atoms with Crippen LogP contribution in [0, 0.1) is 11.6 Å². The van der Waals surface area contributed by atoms with Crippen LogP contribution in [0.15, 0.2) is 18.2 Å². The normalized spacial score (nSPS) is 14.8. The molecule has 0 aliphatic rings. The number of hydrogen-bond acceptors (Lipinski definition) is 2. The molecular weight excluding hydrogens is 212 g/mol. The van der Waals surface area contributed by atoms with E-state index in [0.717, 1.165) is 6.07 Å². The largest absolute Gasteiger partial charge is 0.396 e. The molecule has 0 fully saturated rings. The van der Waals surface area contributed by atoms with E-state index in [2.05, 4.69) is 5.32 Å². The summed E-state index contributed by atoms with van der Waals surface area (Å²) < 4.78 is 25.9. The predicted octanol–water partition coefficient (Wildman–Crippen LogP) is 2.39. The van der Waals surface area contributed by atoms with Gasteiger partial charge in [-0.05, 0) is 38.0 Å². The van der Waals surface area contributed by atoms with Gasteiger partial charge in [0.2, 0.25) is 0 Å². The van der Waals surface area contributed by atoms with Crippen LogP contribution in [0.25, 0.3) is 0 Å². The molecule has 0 aliphatic heterocycles. The molecule has 0 radical (unpaired) electrons. The monoisotopic (exact) mass is 229 g/mol. The Morgan fingerprint density at radius 1 is 1.19 bits per heavy atom. The van der Waals surface area contributed by atoms with Gasteiger partial charge in [-0.15, -0.1) is 0 Å². The highest BCUT2D eigenvalue weighted by Gasteiger charge is 2.11. The lowest BCUT2D eigenvalue weighted by Crippen LogP contribution is -2.29. The molecule has 0 saturated carbocycles. The molecule has 0 bridgehead atoms. The second kappa shape index (κ2) is 5.92. The van der Waals surface area contributed by atoms with E-state index in [1.165, 1.54) is 12.1 Å². The van der Waals surface area contributed by atoms with Gasteiger partial charge in [0, 0.05) is 24.8 Å². The molecule has 16 heavy (non-hydrogen) atoms. The molecule has 0 heterocycles. The van der Waals surface area contributed by atoms with Crippen molar-refractivity contribution < 1.29 is 13.9 Å². The van der Waals surface area contributed by atoms with Gasteiger partial charge in [0.05, 0.1) is 0 Å². The first-order valence-electron chi connectivity index (χ1n) is 5.36. The first-order valence-corrected chi connectivity index (χ1v) is 5.36. The zero-order valence-corrected chi connectivity index (χ0v) is 9.50. The Balaban J connectivity index is 2.68. The van der Waals surface area contributed by atoms with E-state index in [4.69, 9.17) is 5.11 Å². The third-order valence-corrected chi connectivity index (χ3v) is 2.48. The lowest BCUT2D eigenvalue weighted by atomic mass is 10.1. The van der Waals surface area contributed by atoms with Crippen molar-refractivity contribution in [3.63, 3.8) is 0 Å². The average molecular weight is 229 g/mol. The van der Waals surface area contributed by atoms with Crippen molar-refractivity contribution in [1.82, 2.24) is 5.32 Å². The van der Waals surface area contributed by atoms with Gasteiger partial charge in [0.15, 0.2) is 0 Å². The van der Waals surface area contributed by atoms with Crippen LogP contribution in [-0.2, 0) is 0 Å². The van der Waals surface area contributed by atoms with Crippen LogP contribution in [-0.4, -0.2) is 17.8 Å². The van der Waals surface area contributed by atoms with E-state index in [-0.39, 0.29) is 18.7 Å². The lowest BCUT2D eigenvalue weighted by Gasteiger charge is -2.19. The molecule has 0 spiro atoms. The predicted molar refractivity (Wildman–Crippen MR) is 59.1 cm³/mol. The molecule has 4 heteroatoms. The minimum atomic E-state index is -0.571. The van der Waals surface area contributed by atoms with Gasteiger partial charge in [-0.25, -0.2) is 8.78 Å². The van der Waals surface area contributed by atoms with E-state index in [9.17, 15) is 8.78 Å². The fourth-order valence-electron chi connectivity index (χ4n) is 1.63. The fraction of sp³-hybridized carbons (Fsp3) is 0.500. The Morgan fingerprint density at radius 3 is 2.25 bits per heavy atom. The topological polar surface area (TPSA) is 32.3 Å². The van der Waals surface area contributed by atoms with Crippen molar-refractivity contribution in [2.24, 2.45) is 0 Å². The number of hydrogen-bond donors (Lipinski definition) is 2. The number of aliphatic hydroxyl groups excluding tert-OH is 1. The van der Waals surface area contributed by atoms with Crippen molar-refractivity contribution in [1.29, 1.82) is 0 Å². The van der Waals surface area contributed by atoms with E-state index in [1.54, 1.807) is 0 Å². The SMILES string of the molecule is CC(CCO)NC(C)c1cc(F)cc(F)c1. The smallest absolute Gasteiger partial charge is 0.126 e. The third kappa shape index (κ3) is 3.87. The van der Waals surface area contributed by atoms with E-state index in [1.807, 2.05) is 13.8 Å². The van der Waals surface area contributed by atoms with Gasteiger partial charge >= 0.3 is 0 Å². The van der Waals surface area contributed by atoms with Crippen molar-refractivity contribution in [2.45, 2.75) is 32.4 Å². The fourth-order valence-corrected chi connectivity index (χ4v) is 1.63. The highest BCUT2D eigenvalue weighted by molar-refractivity contribution is 5.20. The quantitative estimate of drug-likeness (QED) is 0.812. The summed E-state index contributed by atoms with van der Waals surface area (Å²) in [7, 11) is 0. The van der Waals surface area contributed by atoms with Gasteiger partial charge in [-0.2, -0.15) is 0 Å². The zero-order chi connectivity index (χ0) is 12.1. The molecule has 1 aromatic rings. The summed E-state index contributed by atoms with van der Waals surface area (Å²) in [4.78, 5) is 0. The molecule has 90 valence electrons. The summed E-state index contributed by atoms with van der Waals surface area (Å²) >= 11 is 0. The van der Waals surface area contributed by atoms with Crippen molar-refractivity contribution in [2.75, 3.05) is 6.61 Å². The molecule has 1 rings (SSSR count). The minimum absolute atomic E-state index is 0.0956. The summed E-state index contributed by atoms with van der Waals surface area (Å²) in [6.07, 6.45) is 0.613. The minimum Gasteiger partial charge on any atom is -0.396 e.